The zero-order chi connectivity index (χ0) is 26.3. The number of hydrogen-bond acceptors (Lipinski definition) is 6. The number of carbonyl (C=O) groups is 4. The van der Waals surface area contributed by atoms with Crippen LogP contribution in [0.5, 0.6) is 0 Å². The van der Waals surface area contributed by atoms with Gasteiger partial charge in [0.1, 0.15) is 11.4 Å². The van der Waals surface area contributed by atoms with E-state index in [9.17, 15) is 23.6 Å². The molecule has 2 aromatic carbocycles. The number of nitrogens with zero attached hydrogens (tertiary/aromatic N) is 1. The van der Waals surface area contributed by atoms with Gasteiger partial charge < -0.3 is 10.1 Å². The highest BCUT2D eigenvalue weighted by molar-refractivity contribution is 8.18. The molecule has 2 aromatic rings. The molecule has 2 N–H and O–H groups in total. The Labute approximate surface area is 213 Å². The lowest BCUT2D eigenvalue weighted by Gasteiger charge is -2.20. The molecule has 1 saturated heterocycles. The lowest BCUT2D eigenvalue weighted by molar-refractivity contribution is -0.122. The van der Waals surface area contributed by atoms with Gasteiger partial charge in [0, 0.05) is 13.1 Å². The summed E-state index contributed by atoms with van der Waals surface area (Å²) in [6.45, 7) is 5.78. The maximum absolute atomic E-state index is 13.1. The van der Waals surface area contributed by atoms with Crippen LogP contribution in [0.25, 0.3) is 6.08 Å². The Hall–Kier alpha value is -3.66. The van der Waals surface area contributed by atoms with Crippen LogP contribution in [0.1, 0.15) is 49.5 Å². The van der Waals surface area contributed by atoms with Crippen LogP contribution >= 0.6 is 11.8 Å². The van der Waals surface area contributed by atoms with Crippen LogP contribution in [0.3, 0.4) is 0 Å². The maximum Gasteiger partial charge on any atom is 0.412 e. The van der Waals surface area contributed by atoms with Gasteiger partial charge in [0.05, 0.1) is 16.2 Å². The first-order chi connectivity index (χ1) is 17.0. The second-order valence-electron chi connectivity index (χ2n) is 9.02. The van der Waals surface area contributed by atoms with Crippen molar-refractivity contribution in [2.75, 3.05) is 18.4 Å². The zero-order valence-electron chi connectivity index (χ0n) is 20.3. The van der Waals surface area contributed by atoms with Crippen molar-refractivity contribution in [1.82, 2.24) is 10.2 Å². The second kappa shape index (κ2) is 11.9. The summed E-state index contributed by atoms with van der Waals surface area (Å²) in [6, 6.07) is 12.2. The van der Waals surface area contributed by atoms with Gasteiger partial charge in [0.2, 0.25) is 0 Å². The number of unbranched alkanes of at least 4 members (excludes halogenated alkanes) is 1. The van der Waals surface area contributed by atoms with E-state index in [1.165, 1.54) is 29.2 Å². The van der Waals surface area contributed by atoms with Crippen LogP contribution in [0, 0.1) is 5.82 Å². The lowest BCUT2D eigenvalue weighted by Crippen LogP contribution is -2.31. The Bertz CT molecular complexity index is 1170. The van der Waals surface area contributed by atoms with E-state index in [-0.39, 0.29) is 34.3 Å². The van der Waals surface area contributed by atoms with E-state index in [0.717, 1.165) is 11.8 Å². The van der Waals surface area contributed by atoms with Crippen molar-refractivity contribution in [3.05, 3.63) is 70.4 Å². The molecule has 36 heavy (non-hydrogen) atoms. The van der Waals surface area contributed by atoms with Gasteiger partial charge in [0.25, 0.3) is 17.1 Å². The van der Waals surface area contributed by atoms with Crippen molar-refractivity contribution in [3.63, 3.8) is 0 Å². The average molecular weight is 514 g/mol. The second-order valence-corrected chi connectivity index (χ2v) is 10.0. The highest BCUT2D eigenvalue weighted by Crippen LogP contribution is 2.32. The number of rotatable bonds is 8. The standard InChI is InChI=1S/C26H28FN3O5S/c1-26(2,3)35-24(33)29-20-9-5-4-8-19(20)22(31)28-14-6-7-15-30-23(32)21(36-25(30)34)16-17-10-12-18(27)13-11-17/h4-5,8-13,16H,6-7,14-15H2,1-3H3,(H,28,31)(H,29,33)/b21-16-. The Kier molecular flexibility index (Phi) is 8.87. The molecule has 0 aliphatic carbocycles. The average Bonchev–Trinajstić information content (AvgIpc) is 3.06. The molecule has 10 heteroatoms. The van der Waals surface area contributed by atoms with Gasteiger partial charge in [-0.1, -0.05) is 24.3 Å². The molecule has 0 atom stereocenters. The molecular formula is C26H28FN3O5S. The Morgan fingerprint density at radius 1 is 1.06 bits per heavy atom. The summed E-state index contributed by atoms with van der Waals surface area (Å²) in [4.78, 5) is 51.0. The molecular weight excluding hydrogens is 485 g/mol. The van der Waals surface area contributed by atoms with Crippen LogP contribution in [0.2, 0.25) is 0 Å². The largest absolute Gasteiger partial charge is 0.444 e. The minimum Gasteiger partial charge on any atom is -0.444 e. The van der Waals surface area contributed by atoms with Crippen LogP contribution < -0.4 is 10.6 Å². The molecule has 0 spiro atoms. The van der Waals surface area contributed by atoms with E-state index in [1.807, 2.05) is 0 Å². The zero-order valence-corrected chi connectivity index (χ0v) is 21.1. The van der Waals surface area contributed by atoms with Crippen molar-refractivity contribution in [2.24, 2.45) is 0 Å². The van der Waals surface area contributed by atoms with Gasteiger partial charge in [-0.3, -0.25) is 24.6 Å². The predicted octanol–water partition coefficient (Wildman–Crippen LogP) is 5.42. The number of anilines is 1. The van der Waals surface area contributed by atoms with E-state index >= 15 is 0 Å². The van der Waals surface area contributed by atoms with Crippen molar-refractivity contribution in [3.8, 4) is 0 Å². The molecule has 1 aliphatic rings. The fourth-order valence-electron chi connectivity index (χ4n) is 3.30. The number of thioether (sulfide) groups is 1. The highest BCUT2D eigenvalue weighted by Gasteiger charge is 2.34. The Morgan fingerprint density at radius 2 is 1.75 bits per heavy atom. The van der Waals surface area contributed by atoms with Crippen molar-refractivity contribution < 1.29 is 28.3 Å². The maximum atomic E-state index is 13.1. The fourth-order valence-corrected chi connectivity index (χ4v) is 4.16. The van der Waals surface area contributed by atoms with Crippen LogP contribution in [-0.2, 0) is 9.53 Å². The van der Waals surface area contributed by atoms with Gasteiger partial charge in [-0.25, -0.2) is 9.18 Å². The number of ether oxygens (including phenoxy) is 1. The lowest BCUT2D eigenvalue weighted by atomic mass is 10.1. The van der Waals surface area contributed by atoms with Gasteiger partial charge in [-0.05, 0) is 81.3 Å². The number of hydrogen-bond donors (Lipinski definition) is 2. The third kappa shape index (κ3) is 7.67. The van der Waals surface area contributed by atoms with E-state index in [1.54, 1.807) is 51.1 Å². The summed E-state index contributed by atoms with van der Waals surface area (Å²) in [5.41, 5.74) is 0.580. The molecule has 1 aliphatic heterocycles. The minimum absolute atomic E-state index is 0.220. The van der Waals surface area contributed by atoms with E-state index in [2.05, 4.69) is 10.6 Å². The third-order valence-corrected chi connectivity index (χ3v) is 5.85. The minimum atomic E-state index is -0.671. The molecule has 4 amide bonds. The quantitative estimate of drug-likeness (QED) is 0.361. The molecule has 0 aromatic heterocycles. The van der Waals surface area contributed by atoms with Crippen molar-refractivity contribution in [2.45, 2.75) is 39.2 Å². The molecule has 1 heterocycles. The summed E-state index contributed by atoms with van der Waals surface area (Å²) in [6.07, 6.45) is 1.94. The fraction of sp³-hybridized carbons (Fsp3) is 0.308. The SMILES string of the molecule is CC(C)(C)OC(=O)Nc1ccccc1C(=O)NCCCCN1C(=O)S/C(=C\c2ccc(F)cc2)C1=O. The molecule has 190 valence electrons. The number of amides is 4. The number of carbonyl (C=O) groups excluding carboxylic acids is 4. The normalized spacial score (nSPS) is 14.8. The molecule has 1 fully saturated rings. The van der Waals surface area contributed by atoms with E-state index in [4.69, 9.17) is 4.74 Å². The summed E-state index contributed by atoms with van der Waals surface area (Å²) in [5.74, 6) is -1.13. The van der Waals surface area contributed by atoms with Gasteiger partial charge in [-0.2, -0.15) is 0 Å². The summed E-state index contributed by atoms with van der Waals surface area (Å²) >= 11 is 0.847. The van der Waals surface area contributed by atoms with Crippen molar-refractivity contribution >= 4 is 46.7 Å². The smallest absolute Gasteiger partial charge is 0.412 e. The molecule has 0 unspecified atom stereocenters. The monoisotopic (exact) mass is 513 g/mol. The van der Waals surface area contributed by atoms with E-state index in [0.29, 0.717) is 36.2 Å². The number of nitrogens with one attached hydrogen (secondary N) is 2. The predicted molar refractivity (Wildman–Crippen MR) is 137 cm³/mol. The highest BCUT2D eigenvalue weighted by atomic mass is 32.2. The Morgan fingerprint density at radius 3 is 2.44 bits per heavy atom. The van der Waals surface area contributed by atoms with Gasteiger partial charge in [0.15, 0.2) is 0 Å². The summed E-state index contributed by atoms with van der Waals surface area (Å²) in [7, 11) is 0. The first kappa shape index (κ1) is 26.9. The number of para-hydroxylation sites is 1. The number of halogens is 1. The first-order valence-corrected chi connectivity index (χ1v) is 12.2. The molecule has 3 rings (SSSR count). The van der Waals surface area contributed by atoms with Gasteiger partial charge in [-0.15, -0.1) is 0 Å². The number of benzene rings is 2. The van der Waals surface area contributed by atoms with Crippen molar-refractivity contribution in [1.29, 1.82) is 0 Å². The van der Waals surface area contributed by atoms with Gasteiger partial charge >= 0.3 is 6.09 Å². The van der Waals surface area contributed by atoms with Crippen LogP contribution in [0.15, 0.2) is 53.4 Å². The third-order valence-electron chi connectivity index (χ3n) is 4.94. The topological polar surface area (TPSA) is 105 Å². The molecule has 8 nitrogen and oxygen atoms in total. The molecule has 0 radical (unpaired) electrons. The van der Waals surface area contributed by atoms with Crippen LogP contribution in [0.4, 0.5) is 19.7 Å². The molecule has 0 bridgehead atoms. The van der Waals surface area contributed by atoms with E-state index < -0.39 is 11.7 Å². The Balaban J connectivity index is 1.47. The number of imide groups is 1. The summed E-state index contributed by atoms with van der Waals surface area (Å²) in [5, 5.41) is 5.02. The van der Waals surface area contributed by atoms with Crippen LogP contribution in [-0.4, -0.2) is 46.7 Å². The molecule has 0 saturated carbocycles. The summed E-state index contributed by atoms with van der Waals surface area (Å²) < 4.78 is 18.3. The first-order valence-electron chi connectivity index (χ1n) is 11.4.